The molecular weight excluding hydrogens is 240 g/mol. The van der Waals surface area contributed by atoms with Crippen LogP contribution < -0.4 is 14.9 Å². The Labute approximate surface area is 113 Å². The largest absolute Gasteiger partial charge is 0.493 e. The zero-order valence-electron chi connectivity index (χ0n) is 11.6. The van der Waals surface area contributed by atoms with Gasteiger partial charge in [0.15, 0.2) is 11.5 Å². The average molecular weight is 260 g/mol. The molecule has 0 amide bonds. The van der Waals surface area contributed by atoms with Gasteiger partial charge in [0.2, 0.25) is 0 Å². The van der Waals surface area contributed by atoms with Crippen LogP contribution >= 0.6 is 0 Å². The monoisotopic (exact) mass is 260 g/mol. The van der Waals surface area contributed by atoms with Gasteiger partial charge in [-0.25, -0.2) is 0 Å². The molecule has 0 aliphatic carbocycles. The summed E-state index contributed by atoms with van der Waals surface area (Å²) in [4.78, 5) is 0. The highest BCUT2D eigenvalue weighted by Gasteiger charge is 2.03. The minimum atomic E-state index is 0.581. The Kier molecular flexibility index (Phi) is 4.34. The van der Waals surface area contributed by atoms with E-state index < -0.39 is 0 Å². The summed E-state index contributed by atoms with van der Waals surface area (Å²) in [5.41, 5.74) is 5.70. The first kappa shape index (κ1) is 13.3. The van der Waals surface area contributed by atoms with Crippen molar-refractivity contribution in [3.8, 4) is 11.5 Å². The molecule has 0 saturated carbocycles. The highest BCUT2D eigenvalue weighted by Crippen LogP contribution is 2.25. The second kappa shape index (κ2) is 6.18. The normalized spacial score (nSPS) is 10.3. The lowest BCUT2D eigenvalue weighted by atomic mass is 10.3. The summed E-state index contributed by atoms with van der Waals surface area (Å²) in [6.07, 6.45) is 0. The van der Waals surface area contributed by atoms with Crippen molar-refractivity contribution in [1.29, 1.82) is 0 Å². The van der Waals surface area contributed by atoms with E-state index in [1.165, 1.54) is 11.4 Å². The molecule has 0 aliphatic rings. The smallest absolute Gasteiger partial charge is 0.161 e. The number of ether oxygens (including phenoxy) is 2. The fourth-order valence-electron chi connectivity index (χ4n) is 1.97. The Hall–Kier alpha value is -2.10. The number of aromatic nitrogens is 1. The molecule has 1 N–H and O–H groups in total. The van der Waals surface area contributed by atoms with E-state index >= 15 is 0 Å². The van der Waals surface area contributed by atoms with Crippen LogP contribution in [0.1, 0.15) is 11.4 Å². The van der Waals surface area contributed by atoms with Gasteiger partial charge in [-0.05, 0) is 38.1 Å². The van der Waals surface area contributed by atoms with Gasteiger partial charge in [-0.15, -0.1) is 0 Å². The van der Waals surface area contributed by atoms with E-state index in [-0.39, 0.29) is 0 Å². The van der Waals surface area contributed by atoms with Gasteiger partial charge in [0.1, 0.15) is 6.61 Å². The van der Waals surface area contributed by atoms with Gasteiger partial charge < -0.3 is 14.9 Å². The summed E-state index contributed by atoms with van der Waals surface area (Å²) in [7, 11) is 1.65. The van der Waals surface area contributed by atoms with Crippen molar-refractivity contribution in [2.45, 2.75) is 13.8 Å². The summed E-state index contributed by atoms with van der Waals surface area (Å²) in [6, 6.07) is 11.8. The summed E-state index contributed by atoms with van der Waals surface area (Å²) >= 11 is 0. The Morgan fingerprint density at radius 2 is 1.63 bits per heavy atom. The van der Waals surface area contributed by atoms with Gasteiger partial charge >= 0.3 is 0 Å². The third kappa shape index (κ3) is 3.22. The predicted molar refractivity (Wildman–Crippen MR) is 76.6 cm³/mol. The van der Waals surface area contributed by atoms with E-state index in [4.69, 9.17) is 9.47 Å². The molecule has 0 atom stereocenters. The van der Waals surface area contributed by atoms with E-state index in [0.717, 1.165) is 18.0 Å². The highest BCUT2D eigenvalue weighted by molar-refractivity contribution is 5.39. The molecule has 0 fully saturated rings. The topological polar surface area (TPSA) is 35.4 Å². The maximum Gasteiger partial charge on any atom is 0.161 e. The van der Waals surface area contributed by atoms with E-state index in [1.807, 2.05) is 24.3 Å². The minimum Gasteiger partial charge on any atom is -0.493 e. The molecule has 0 radical (unpaired) electrons. The molecule has 0 bridgehead atoms. The van der Waals surface area contributed by atoms with Crippen molar-refractivity contribution >= 4 is 0 Å². The van der Waals surface area contributed by atoms with Crippen molar-refractivity contribution in [1.82, 2.24) is 4.68 Å². The first-order chi connectivity index (χ1) is 9.22. The summed E-state index contributed by atoms with van der Waals surface area (Å²) in [5.74, 6) is 1.53. The lowest BCUT2D eigenvalue weighted by Crippen LogP contribution is -2.22. The van der Waals surface area contributed by atoms with Gasteiger partial charge in [-0.2, -0.15) is 0 Å². The van der Waals surface area contributed by atoms with Crippen molar-refractivity contribution in [3.63, 3.8) is 0 Å². The number of rotatable bonds is 6. The Bertz CT molecular complexity index is 515. The maximum atomic E-state index is 5.71. The molecule has 0 unspecified atom stereocenters. The molecule has 2 aromatic rings. The summed E-state index contributed by atoms with van der Waals surface area (Å²) in [5, 5.41) is 0. The predicted octanol–water partition coefficient (Wildman–Crippen LogP) is 2.74. The van der Waals surface area contributed by atoms with E-state index in [9.17, 15) is 0 Å². The Morgan fingerprint density at radius 1 is 1.00 bits per heavy atom. The van der Waals surface area contributed by atoms with E-state index in [0.29, 0.717) is 6.61 Å². The third-order valence-corrected chi connectivity index (χ3v) is 2.97. The zero-order valence-corrected chi connectivity index (χ0v) is 11.6. The van der Waals surface area contributed by atoms with Crippen LogP contribution in [-0.4, -0.2) is 24.9 Å². The van der Waals surface area contributed by atoms with Crippen molar-refractivity contribution < 1.29 is 9.47 Å². The first-order valence-corrected chi connectivity index (χ1v) is 6.37. The van der Waals surface area contributed by atoms with Crippen LogP contribution in [0.2, 0.25) is 0 Å². The van der Waals surface area contributed by atoms with Crippen LogP contribution in [0.4, 0.5) is 0 Å². The van der Waals surface area contributed by atoms with Crippen LogP contribution in [0, 0.1) is 13.8 Å². The molecule has 0 saturated heterocycles. The fraction of sp³-hybridized carbons (Fsp3) is 0.333. The summed E-state index contributed by atoms with van der Waals surface area (Å²) in [6.45, 7) is 5.45. The number of hydrogen-bond donors (Lipinski definition) is 1. The maximum absolute atomic E-state index is 5.71. The molecule has 19 heavy (non-hydrogen) atoms. The third-order valence-electron chi connectivity index (χ3n) is 2.97. The van der Waals surface area contributed by atoms with Crippen molar-refractivity contribution in [2.24, 2.45) is 0 Å². The second-order valence-electron chi connectivity index (χ2n) is 4.36. The molecule has 0 aliphatic heterocycles. The van der Waals surface area contributed by atoms with Crippen LogP contribution in [0.15, 0.2) is 36.4 Å². The number of para-hydroxylation sites is 2. The lowest BCUT2D eigenvalue weighted by molar-refractivity contribution is 0.303. The van der Waals surface area contributed by atoms with Crippen LogP contribution in [0.3, 0.4) is 0 Å². The fourth-order valence-corrected chi connectivity index (χ4v) is 1.97. The van der Waals surface area contributed by atoms with Crippen LogP contribution in [-0.2, 0) is 0 Å². The van der Waals surface area contributed by atoms with Gasteiger partial charge in [-0.3, -0.25) is 4.68 Å². The Morgan fingerprint density at radius 3 is 2.26 bits per heavy atom. The lowest BCUT2D eigenvalue weighted by Gasteiger charge is -2.14. The molecule has 4 heteroatoms. The number of nitrogens with zero attached hydrogens (tertiary/aromatic N) is 1. The van der Waals surface area contributed by atoms with Gasteiger partial charge in [-0.1, -0.05) is 12.1 Å². The molecule has 102 valence electrons. The van der Waals surface area contributed by atoms with Gasteiger partial charge in [0, 0.05) is 11.4 Å². The summed E-state index contributed by atoms with van der Waals surface area (Å²) < 4.78 is 13.0. The van der Waals surface area contributed by atoms with Crippen LogP contribution in [0.25, 0.3) is 0 Å². The standard InChI is InChI=1S/C15H20N2O2/c1-12-8-9-13(2)17(12)16-10-11-19-15-7-5-4-6-14(15)18-3/h4-9,16H,10-11H2,1-3H3. The van der Waals surface area contributed by atoms with E-state index in [2.05, 4.69) is 36.1 Å². The molecule has 1 aromatic carbocycles. The first-order valence-electron chi connectivity index (χ1n) is 6.37. The Balaban J connectivity index is 1.84. The van der Waals surface area contributed by atoms with Crippen molar-refractivity contribution in [3.05, 3.63) is 47.8 Å². The van der Waals surface area contributed by atoms with Gasteiger partial charge in [0.25, 0.3) is 0 Å². The highest BCUT2D eigenvalue weighted by atomic mass is 16.5. The zero-order chi connectivity index (χ0) is 13.7. The number of nitrogens with one attached hydrogen (secondary N) is 1. The molecule has 2 rings (SSSR count). The minimum absolute atomic E-state index is 0.581. The van der Waals surface area contributed by atoms with Gasteiger partial charge in [0.05, 0.1) is 13.7 Å². The van der Waals surface area contributed by atoms with Crippen LogP contribution in [0.5, 0.6) is 11.5 Å². The molecule has 4 nitrogen and oxygen atoms in total. The number of methoxy groups -OCH3 is 1. The average Bonchev–Trinajstić information content (AvgIpc) is 2.75. The molecule has 1 aromatic heterocycles. The molecule has 0 spiro atoms. The molecule has 1 heterocycles. The van der Waals surface area contributed by atoms with Crippen molar-refractivity contribution in [2.75, 3.05) is 25.7 Å². The van der Waals surface area contributed by atoms with E-state index in [1.54, 1.807) is 7.11 Å². The number of hydrogen-bond acceptors (Lipinski definition) is 3. The number of aryl methyl sites for hydroxylation is 2. The molecular formula is C15H20N2O2. The second-order valence-corrected chi connectivity index (χ2v) is 4.36. The SMILES string of the molecule is COc1ccccc1OCCNn1c(C)ccc1C. The number of benzene rings is 1. The quantitative estimate of drug-likeness (QED) is 0.811.